The van der Waals surface area contributed by atoms with Gasteiger partial charge in [0.05, 0.1) is 11.4 Å². The Morgan fingerprint density at radius 1 is 0.756 bits per heavy atom. The maximum Gasteiger partial charge on any atom is 0.149 e. The summed E-state index contributed by atoms with van der Waals surface area (Å²) in [6, 6.07) is 10.6. The molecule has 4 heterocycles. The molecule has 2 aliphatic heterocycles. The highest BCUT2D eigenvalue weighted by Crippen LogP contribution is 2.30. The van der Waals surface area contributed by atoms with Crippen molar-refractivity contribution in [1.29, 1.82) is 0 Å². The highest BCUT2D eigenvalue weighted by molar-refractivity contribution is 5.83. The van der Waals surface area contributed by atoms with Crippen LogP contribution in [-0.4, -0.2) is 57.2 Å². The second-order valence-electron chi connectivity index (χ2n) is 13.5. The summed E-state index contributed by atoms with van der Waals surface area (Å²) in [4.78, 5) is 2.57. The SMILES string of the molecule is C.CC(C)c1nn(CC2CCNCC2)c2c(F)cccc12.CCCCN1CCC(Cn2nc(C(C)C)c3cccc(F)c32)CC1. The summed E-state index contributed by atoms with van der Waals surface area (Å²) >= 11 is 0. The molecule has 0 amide bonds. The van der Waals surface area contributed by atoms with Gasteiger partial charge in [0.15, 0.2) is 0 Å². The monoisotopic (exact) mass is 622 g/mol. The summed E-state index contributed by atoms with van der Waals surface area (Å²) in [5.41, 5.74) is 3.39. The molecule has 0 bridgehead atoms. The fourth-order valence-corrected chi connectivity index (χ4v) is 6.88. The lowest BCUT2D eigenvalue weighted by molar-refractivity contribution is 0.170. The van der Waals surface area contributed by atoms with Crippen LogP contribution in [0.15, 0.2) is 36.4 Å². The first kappa shape index (κ1) is 35.0. The summed E-state index contributed by atoms with van der Waals surface area (Å²) < 4.78 is 32.5. The van der Waals surface area contributed by atoms with Gasteiger partial charge >= 0.3 is 0 Å². The molecule has 6 rings (SSSR count). The fourth-order valence-electron chi connectivity index (χ4n) is 6.88. The highest BCUT2D eigenvalue weighted by atomic mass is 19.1. The fraction of sp³-hybridized carbons (Fsp3) is 0.622. The first-order chi connectivity index (χ1) is 21.3. The Morgan fingerprint density at radius 2 is 1.22 bits per heavy atom. The Hall–Kier alpha value is -2.84. The van der Waals surface area contributed by atoms with Crippen LogP contribution in [0.1, 0.15) is 104 Å². The van der Waals surface area contributed by atoms with Crippen molar-refractivity contribution < 1.29 is 8.78 Å². The number of rotatable bonds is 9. The van der Waals surface area contributed by atoms with Gasteiger partial charge in [0.1, 0.15) is 22.7 Å². The molecule has 2 aromatic carbocycles. The van der Waals surface area contributed by atoms with Crippen molar-refractivity contribution in [2.24, 2.45) is 11.8 Å². The minimum absolute atomic E-state index is 0. The van der Waals surface area contributed by atoms with E-state index < -0.39 is 0 Å². The van der Waals surface area contributed by atoms with Crippen molar-refractivity contribution in [3.8, 4) is 0 Å². The van der Waals surface area contributed by atoms with E-state index in [2.05, 4.69) is 44.8 Å². The molecule has 2 saturated heterocycles. The number of nitrogens with one attached hydrogen (secondary N) is 1. The zero-order valence-corrected chi connectivity index (χ0v) is 27.5. The van der Waals surface area contributed by atoms with Crippen LogP contribution >= 0.6 is 0 Å². The minimum Gasteiger partial charge on any atom is -0.317 e. The molecular formula is C37H56F2N6. The number of unbranched alkanes of at least 4 members (excludes halogenated alkanes) is 1. The molecule has 0 saturated carbocycles. The van der Waals surface area contributed by atoms with E-state index in [1.165, 1.54) is 51.4 Å². The third kappa shape index (κ3) is 8.31. The number of aromatic nitrogens is 4. The van der Waals surface area contributed by atoms with E-state index in [9.17, 15) is 8.78 Å². The van der Waals surface area contributed by atoms with Crippen molar-refractivity contribution in [2.45, 2.75) is 105 Å². The molecule has 6 nitrogen and oxygen atoms in total. The highest BCUT2D eigenvalue weighted by Gasteiger charge is 2.23. The second kappa shape index (κ2) is 16.1. The summed E-state index contributed by atoms with van der Waals surface area (Å²) in [5, 5.41) is 14.8. The molecule has 2 aromatic heterocycles. The average Bonchev–Trinajstić information content (AvgIpc) is 3.58. The lowest BCUT2D eigenvalue weighted by Crippen LogP contribution is -2.35. The van der Waals surface area contributed by atoms with E-state index in [0.717, 1.165) is 61.2 Å². The Kier molecular flexibility index (Phi) is 12.6. The quantitative estimate of drug-likeness (QED) is 0.203. The number of hydrogen-bond donors (Lipinski definition) is 1. The molecule has 0 atom stereocenters. The predicted octanol–water partition coefficient (Wildman–Crippen LogP) is 8.75. The molecule has 0 spiro atoms. The summed E-state index contributed by atoms with van der Waals surface area (Å²) in [6.45, 7) is 18.1. The maximum atomic E-state index is 14.4. The largest absolute Gasteiger partial charge is 0.317 e. The summed E-state index contributed by atoms with van der Waals surface area (Å²) in [5.74, 6) is 1.52. The molecule has 8 heteroatoms. The van der Waals surface area contributed by atoms with Crippen molar-refractivity contribution >= 4 is 21.8 Å². The van der Waals surface area contributed by atoms with Crippen molar-refractivity contribution in [2.75, 3.05) is 32.7 Å². The molecule has 1 N–H and O–H groups in total. The topological polar surface area (TPSA) is 50.9 Å². The number of benzene rings is 2. The van der Waals surface area contributed by atoms with Crippen LogP contribution in [0.5, 0.6) is 0 Å². The molecule has 45 heavy (non-hydrogen) atoms. The van der Waals surface area contributed by atoms with Gasteiger partial charge in [-0.05, 0) is 101 Å². The zero-order valence-electron chi connectivity index (χ0n) is 27.5. The normalized spacial score (nSPS) is 16.8. The molecule has 0 unspecified atom stereocenters. The van der Waals surface area contributed by atoms with Gasteiger partial charge in [-0.2, -0.15) is 10.2 Å². The molecule has 2 fully saturated rings. The maximum absolute atomic E-state index is 14.4. The number of para-hydroxylation sites is 2. The van der Waals surface area contributed by atoms with Crippen LogP contribution in [0, 0.1) is 23.5 Å². The van der Waals surface area contributed by atoms with Gasteiger partial charge in [0.2, 0.25) is 0 Å². The Bertz CT molecular complexity index is 1490. The van der Waals surface area contributed by atoms with Crippen molar-refractivity contribution in [1.82, 2.24) is 29.8 Å². The molecule has 0 radical (unpaired) electrons. The van der Waals surface area contributed by atoms with Gasteiger partial charge in [-0.1, -0.05) is 72.7 Å². The number of piperidine rings is 2. The number of fused-ring (bicyclic) bond motifs is 2. The van der Waals surface area contributed by atoms with Crippen LogP contribution < -0.4 is 5.32 Å². The van der Waals surface area contributed by atoms with Gasteiger partial charge in [-0.25, -0.2) is 8.78 Å². The van der Waals surface area contributed by atoms with E-state index in [-0.39, 0.29) is 19.1 Å². The second-order valence-corrected chi connectivity index (χ2v) is 13.5. The van der Waals surface area contributed by atoms with Crippen molar-refractivity contribution in [3.63, 3.8) is 0 Å². The number of halogens is 2. The lowest BCUT2D eigenvalue weighted by atomic mass is 9.96. The van der Waals surface area contributed by atoms with Crippen LogP contribution in [0.2, 0.25) is 0 Å². The van der Waals surface area contributed by atoms with Crippen molar-refractivity contribution in [3.05, 3.63) is 59.4 Å². The minimum atomic E-state index is -0.157. The molecule has 4 aromatic rings. The van der Waals surface area contributed by atoms with Gasteiger partial charge in [-0.15, -0.1) is 0 Å². The van der Waals surface area contributed by atoms with Crippen LogP contribution in [0.25, 0.3) is 21.8 Å². The smallest absolute Gasteiger partial charge is 0.149 e. The van der Waals surface area contributed by atoms with E-state index in [1.807, 2.05) is 21.5 Å². The summed E-state index contributed by atoms with van der Waals surface area (Å²) in [6.07, 6.45) is 7.22. The average molecular weight is 623 g/mol. The van der Waals surface area contributed by atoms with E-state index in [1.54, 1.807) is 18.2 Å². The predicted molar refractivity (Wildman–Crippen MR) is 184 cm³/mol. The third-order valence-electron chi connectivity index (χ3n) is 9.45. The standard InChI is InChI=1S/C20H30FN3.C16H22FN3.CH4/c1-4-5-11-23-12-9-16(10-13-23)14-24-20-17(7-6-8-18(20)21)19(22-24)15(2)3;1-11(2)15-13-4-3-5-14(17)16(13)20(19-15)10-12-6-8-18-9-7-12;/h6-8,15-16H,4-5,9-14H2,1-3H3;3-5,11-12,18H,6-10H2,1-2H3;1H4. The Balaban J connectivity index is 0.000000203. The van der Waals surface area contributed by atoms with Crippen LogP contribution in [0.4, 0.5) is 8.78 Å². The lowest BCUT2D eigenvalue weighted by Gasteiger charge is -2.31. The van der Waals surface area contributed by atoms with Gasteiger partial charge in [-0.3, -0.25) is 9.36 Å². The first-order valence-corrected chi connectivity index (χ1v) is 17.0. The van der Waals surface area contributed by atoms with Gasteiger partial charge < -0.3 is 10.2 Å². The van der Waals surface area contributed by atoms with Gasteiger partial charge in [0.25, 0.3) is 0 Å². The zero-order chi connectivity index (χ0) is 31.2. The third-order valence-corrected chi connectivity index (χ3v) is 9.45. The Labute approximate surface area is 269 Å². The summed E-state index contributed by atoms with van der Waals surface area (Å²) in [7, 11) is 0. The van der Waals surface area contributed by atoms with E-state index in [0.29, 0.717) is 34.7 Å². The van der Waals surface area contributed by atoms with E-state index in [4.69, 9.17) is 10.2 Å². The van der Waals surface area contributed by atoms with Crippen LogP contribution in [0.3, 0.4) is 0 Å². The first-order valence-electron chi connectivity index (χ1n) is 17.0. The number of nitrogens with zero attached hydrogens (tertiary/aromatic N) is 5. The molecule has 2 aliphatic rings. The van der Waals surface area contributed by atoms with E-state index >= 15 is 0 Å². The molecule has 0 aliphatic carbocycles. The number of hydrogen-bond acceptors (Lipinski definition) is 4. The Morgan fingerprint density at radius 3 is 1.67 bits per heavy atom. The molecule has 248 valence electrons. The van der Waals surface area contributed by atoms with Gasteiger partial charge in [0, 0.05) is 23.9 Å². The molecular weight excluding hydrogens is 566 g/mol. The number of likely N-dealkylation sites (tertiary alicyclic amines) is 1. The van der Waals surface area contributed by atoms with Crippen LogP contribution in [-0.2, 0) is 13.1 Å².